The molecule has 3 aromatic rings. The first-order valence-electron chi connectivity index (χ1n) is 9.32. The zero-order chi connectivity index (χ0) is 20.5. The topological polar surface area (TPSA) is 89.6 Å². The summed E-state index contributed by atoms with van der Waals surface area (Å²) in [6.07, 6.45) is 1.24. The first-order chi connectivity index (χ1) is 14.0. The number of nitrogen functional groups attached to an aromatic ring is 1. The highest BCUT2D eigenvalue weighted by molar-refractivity contribution is 5.91. The van der Waals surface area contributed by atoms with Crippen LogP contribution in [-0.2, 0) is 0 Å². The molecule has 2 N–H and O–H groups in total. The van der Waals surface area contributed by atoms with Gasteiger partial charge >= 0.3 is 0 Å². The standard InChI is InChI=1S/C20H23FN6O2/c1-12-11-26(6-7-27(12)18-5-4-13(21)10-23-18)20-24-15-9-17(29-3)16(28-2)8-14(15)19(22)25-20/h4-5,8-10,12H,6-7,11H2,1-3H3,(H2,22,24,25). The predicted octanol–water partition coefficient (Wildman–Crippen LogP) is 2.48. The minimum absolute atomic E-state index is 0.146. The molecule has 3 heterocycles. The molecule has 0 bridgehead atoms. The Hall–Kier alpha value is -3.36. The van der Waals surface area contributed by atoms with Gasteiger partial charge in [-0.1, -0.05) is 0 Å². The number of piperazine rings is 1. The summed E-state index contributed by atoms with van der Waals surface area (Å²) in [7, 11) is 3.16. The Morgan fingerprint density at radius 2 is 1.86 bits per heavy atom. The molecule has 0 saturated carbocycles. The Morgan fingerprint density at radius 3 is 2.52 bits per heavy atom. The van der Waals surface area contributed by atoms with Crippen LogP contribution in [0.3, 0.4) is 0 Å². The summed E-state index contributed by atoms with van der Waals surface area (Å²) in [4.78, 5) is 17.7. The Morgan fingerprint density at radius 1 is 1.10 bits per heavy atom. The molecular formula is C20H23FN6O2. The van der Waals surface area contributed by atoms with Gasteiger partial charge in [0.05, 0.1) is 25.9 Å². The van der Waals surface area contributed by atoms with Crippen molar-refractivity contribution in [3.05, 3.63) is 36.3 Å². The minimum Gasteiger partial charge on any atom is -0.493 e. The summed E-state index contributed by atoms with van der Waals surface area (Å²) in [5, 5.41) is 0.716. The van der Waals surface area contributed by atoms with Crippen LogP contribution in [0, 0.1) is 5.82 Å². The van der Waals surface area contributed by atoms with Crippen molar-refractivity contribution in [1.29, 1.82) is 0 Å². The molecular weight excluding hydrogens is 375 g/mol. The van der Waals surface area contributed by atoms with Crippen LogP contribution in [0.4, 0.5) is 22.0 Å². The van der Waals surface area contributed by atoms with Gasteiger partial charge in [-0.3, -0.25) is 0 Å². The van der Waals surface area contributed by atoms with Crippen molar-refractivity contribution in [3.63, 3.8) is 0 Å². The van der Waals surface area contributed by atoms with E-state index in [4.69, 9.17) is 20.2 Å². The average molecular weight is 398 g/mol. The number of rotatable bonds is 4. The molecule has 0 amide bonds. The highest BCUT2D eigenvalue weighted by Crippen LogP contribution is 2.34. The summed E-state index contributed by atoms with van der Waals surface area (Å²) in [6, 6.07) is 6.86. The van der Waals surface area contributed by atoms with Crippen LogP contribution in [0.2, 0.25) is 0 Å². The molecule has 1 fully saturated rings. The summed E-state index contributed by atoms with van der Waals surface area (Å²) in [5.74, 6) is 2.55. The van der Waals surface area contributed by atoms with Crippen LogP contribution in [0.5, 0.6) is 11.5 Å². The molecule has 0 radical (unpaired) electrons. The van der Waals surface area contributed by atoms with Crippen LogP contribution < -0.4 is 25.0 Å². The Kier molecular flexibility index (Phi) is 4.96. The van der Waals surface area contributed by atoms with E-state index in [0.717, 1.165) is 5.82 Å². The van der Waals surface area contributed by atoms with Gasteiger partial charge in [-0.25, -0.2) is 14.4 Å². The van der Waals surface area contributed by atoms with Gasteiger partial charge in [-0.15, -0.1) is 0 Å². The second-order valence-corrected chi connectivity index (χ2v) is 6.96. The molecule has 1 aliphatic heterocycles. The Balaban J connectivity index is 1.61. The molecule has 2 aromatic heterocycles. The number of halogens is 1. The quantitative estimate of drug-likeness (QED) is 0.717. The number of methoxy groups -OCH3 is 2. The van der Waals surface area contributed by atoms with Crippen LogP contribution in [0.15, 0.2) is 30.5 Å². The van der Waals surface area contributed by atoms with Gasteiger partial charge in [0.25, 0.3) is 0 Å². The highest BCUT2D eigenvalue weighted by atomic mass is 19.1. The van der Waals surface area contributed by atoms with Gasteiger partial charge in [0.2, 0.25) is 5.95 Å². The first kappa shape index (κ1) is 19.0. The first-order valence-corrected chi connectivity index (χ1v) is 9.32. The predicted molar refractivity (Wildman–Crippen MR) is 110 cm³/mol. The smallest absolute Gasteiger partial charge is 0.228 e. The van der Waals surface area contributed by atoms with Gasteiger partial charge in [0.15, 0.2) is 11.5 Å². The lowest BCUT2D eigenvalue weighted by molar-refractivity contribution is 0.356. The number of benzene rings is 1. The fourth-order valence-corrected chi connectivity index (χ4v) is 3.63. The number of pyridine rings is 1. The summed E-state index contributed by atoms with van der Waals surface area (Å²) in [5.41, 5.74) is 6.91. The van der Waals surface area contributed by atoms with Crippen LogP contribution in [0.1, 0.15) is 6.92 Å². The number of nitrogens with two attached hydrogens (primary N) is 1. The number of aromatic nitrogens is 3. The van der Waals surface area contributed by atoms with Crippen molar-refractivity contribution in [2.24, 2.45) is 0 Å². The Labute approximate surface area is 168 Å². The molecule has 1 saturated heterocycles. The molecule has 152 valence electrons. The van der Waals surface area contributed by atoms with E-state index in [1.807, 2.05) is 0 Å². The third-order valence-corrected chi connectivity index (χ3v) is 5.14. The fraction of sp³-hybridized carbons (Fsp3) is 0.350. The van der Waals surface area contributed by atoms with Crippen LogP contribution in [0.25, 0.3) is 10.9 Å². The lowest BCUT2D eigenvalue weighted by atomic mass is 10.2. The second kappa shape index (κ2) is 7.57. The van der Waals surface area contributed by atoms with Crippen LogP contribution in [-0.4, -0.2) is 54.8 Å². The highest BCUT2D eigenvalue weighted by Gasteiger charge is 2.27. The summed E-state index contributed by atoms with van der Waals surface area (Å²) >= 11 is 0. The van der Waals surface area contributed by atoms with Crippen LogP contribution >= 0.6 is 0 Å². The van der Waals surface area contributed by atoms with Crippen molar-refractivity contribution in [2.75, 3.05) is 49.4 Å². The number of anilines is 3. The minimum atomic E-state index is -0.341. The molecule has 1 aliphatic rings. The molecule has 0 spiro atoms. The number of ether oxygens (including phenoxy) is 2. The second-order valence-electron chi connectivity index (χ2n) is 6.96. The van der Waals surface area contributed by atoms with Gasteiger partial charge in [-0.2, -0.15) is 4.98 Å². The van der Waals surface area contributed by atoms with Gasteiger partial charge in [-0.05, 0) is 25.1 Å². The monoisotopic (exact) mass is 398 g/mol. The van der Waals surface area contributed by atoms with E-state index >= 15 is 0 Å². The molecule has 1 unspecified atom stereocenters. The van der Waals surface area contributed by atoms with Crippen molar-refractivity contribution in [1.82, 2.24) is 15.0 Å². The van der Waals surface area contributed by atoms with E-state index in [2.05, 4.69) is 26.7 Å². The zero-order valence-corrected chi connectivity index (χ0v) is 16.6. The third kappa shape index (κ3) is 3.55. The van der Waals surface area contributed by atoms with Gasteiger partial charge < -0.3 is 25.0 Å². The zero-order valence-electron chi connectivity index (χ0n) is 16.6. The van der Waals surface area contributed by atoms with E-state index < -0.39 is 0 Å². The van der Waals surface area contributed by atoms with Crippen molar-refractivity contribution in [3.8, 4) is 11.5 Å². The van der Waals surface area contributed by atoms with Crippen molar-refractivity contribution < 1.29 is 13.9 Å². The largest absolute Gasteiger partial charge is 0.493 e. The molecule has 9 heteroatoms. The number of hydrogen-bond acceptors (Lipinski definition) is 8. The van der Waals surface area contributed by atoms with Crippen molar-refractivity contribution >= 4 is 28.5 Å². The molecule has 4 rings (SSSR count). The van der Waals surface area contributed by atoms with Crippen molar-refractivity contribution in [2.45, 2.75) is 13.0 Å². The van der Waals surface area contributed by atoms with E-state index in [1.165, 1.54) is 12.3 Å². The van der Waals surface area contributed by atoms with Gasteiger partial charge in [0.1, 0.15) is 17.5 Å². The fourth-order valence-electron chi connectivity index (χ4n) is 3.63. The molecule has 29 heavy (non-hydrogen) atoms. The number of hydrogen-bond donors (Lipinski definition) is 1. The summed E-state index contributed by atoms with van der Waals surface area (Å²) in [6.45, 7) is 4.20. The average Bonchev–Trinajstić information content (AvgIpc) is 2.73. The van der Waals surface area contributed by atoms with E-state index in [1.54, 1.807) is 32.4 Å². The molecule has 0 aliphatic carbocycles. The maximum Gasteiger partial charge on any atom is 0.228 e. The molecule has 1 atom stereocenters. The Bertz CT molecular complexity index is 1030. The molecule has 1 aromatic carbocycles. The maximum absolute atomic E-state index is 13.2. The van der Waals surface area contributed by atoms with Gasteiger partial charge in [0, 0.05) is 37.1 Å². The normalized spacial score (nSPS) is 16.9. The lowest BCUT2D eigenvalue weighted by Crippen LogP contribution is -2.53. The van der Waals surface area contributed by atoms with E-state index in [0.29, 0.717) is 53.8 Å². The molecule has 8 nitrogen and oxygen atoms in total. The van der Waals surface area contributed by atoms with E-state index in [-0.39, 0.29) is 11.9 Å². The lowest BCUT2D eigenvalue weighted by Gasteiger charge is -2.40. The number of nitrogens with zero attached hydrogens (tertiary/aromatic N) is 5. The third-order valence-electron chi connectivity index (χ3n) is 5.14. The van der Waals surface area contributed by atoms with E-state index in [9.17, 15) is 4.39 Å². The number of fused-ring (bicyclic) bond motifs is 1. The summed E-state index contributed by atoms with van der Waals surface area (Å²) < 4.78 is 23.9. The SMILES string of the molecule is COc1cc2nc(N3CCN(c4ccc(F)cn4)C(C)C3)nc(N)c2cc1OC. The maximum atomic E-state index is 13.2.